The molecular formula is C9H2N10O21. The molecule has 0 bridgehead atoms. The van der Waals surface area contributed by atoms with Gasteiger partial charge >= 0.3 is 34.4 Å². The van der Waals surface area contributed by atoms with Crippen molar-refractivity contribution < 1.29 is 59.4 Å². The average molecular weight is 586 g/mol. The minimum Gasteiger partial charge on any atom is -0.474 e. The highest BCUT2D eigenvalue weighted by molar-refractivity contribution is 5.81. The number of aliphatic carboxylic acids is 1. The highest BCUT2D eigenvalue weighted by Gasteiger charge is 3.00. The number of nitro benzene ring substituents is 3. The fourth-order valence-corrected chi connectivity index (χ4v) is 3.20. The Kier molecular flexibility index (Phi) is 7.81. The number of carbonyl (C=O) groups is 1. The van der Waals surface area contributed by atoms with E-state index in [1.54, 1.807) is 0 Å². The van der Waals surface area contributed by atoms with E-state index in [0.29, 0.717) is 0 Å². The van der Waals surface area contributed by atoms with E-state index in [0.717, 1.165) is 0 Å². The Morgan fingerprint density at radius 2 is 1.12 bits per heavy atom. The molecule has 1 N–H and O–H groups in total. The molecule has 0 unspecified atom stereocenters. The summed E-state index contributed by atoms with van der Waals surface area (Å²) in [5.41, 5.74) is -23.4. The molecule has 214 valence electrons. The van der Waals surface area contributed by atoms with Crippen molar-refractivity contribution in [2.75, 3.05) is 0 Å². The molecule has 31 heteroatoms. The number of carboxylic acid groups (broad SMARTS) is 1. The van der Waals surface area contributed by atoms with Gasteiger partial charge in [-0.05, 0) is 0 Å². The van der Waals surface area contributed by atoms with Crippen LogP contribution in [-0.2, 0) is 10.5 Å². The maximum Gasteiger partial charge on any atom is 0.645 e. The number of hydrogen-bond acceptors (Lipinski definition) is 20. The van der Waals surface area contributed by atoms with Gasteiger partial charge in [0, 0.05) is 6.07 Å². The summed E-state index contributed by atoms with van der Waals surface area (Å²) in [5.74, 6) is -6.27. The molecule has 0 heterocycles. The Hall–Kier alpha value is -7.11. The zero-order valence-corrected chi connectivity index (χ0v) is 17.7. The Morgan fingerprint density at radius 3 is 1.38 bits per heavy atom. The first-order valence-corrected chi connectivity index (χ1v) is 8.39. The van der Waals surface area contributed by atoms with E-state index in [1.165, 1.54) is 0 Å². The number of nitro groups is 8. The zero-order valence-electron chi connectivity index (χ0n) is 17.7. The predicted molar refractivity (Wildman–Crippen MR) is 103 cm³/mol. The molecule has 0 aliphatic carbocycles. The third-order valence-electron chi connectivity index (χ3n) is 4.49. The Bertz CT molecular complexity index is 1390. The highest BCUT2D eigenvalue weighted by Crippen LogP contribution is 2.53. The molecule has 0 saturated heterocycles. The maximum atomic E-state index is 12.1. The van der Waals surface area contributed by atoms with Gasteiger partial charge in [0.05, 0.1) is 19.7 Å². The molecule has 0 amide bonds. The van der Waals surface area contributed by atoms with Gasteiger partial charge in [0.25, 0.3) is 16.0 Å². The lowest BCUT2D eigenvalue weighted by molar-refractivity contribution is -0.995. The van der Waals surface area contributed by atoms with E-state index in [9.17, 15) is 101 Å². The van der Waals surface area contributed by atoms with Crippen LogP contribution in [-0.4, -0.2) is 66.5 Å². The number of benzene rings is 1. The van der Waals surface area contributed by atoms with Crippen molar-refractivity contribution in [3.05, 3.63) is 103 Å². The van der Waals surface area contributed by atoms with Crippen LogP contribution in [0.5, 0.6) is 5.75 Å². The first-order chi connectivity index (χ1) is 18.2. The van der Waals surface area contributed by atoms with Gasteiger partial charge in [-0.3, -0.25) is 65.5 Å². The lowest BCUT2D eigenvalue weighted by Crippen LogP contribution is -2.78. The molecule has 31 nitrogen and oxygen atoms in total. The molecule has 0 aliphatic heterocycles. The van der Waals surface area contributed by atoms with Gasteiger partial charge in [-0.1, -0.05) is 0 Å². The fraction of sp³-hybridized carbons (Fsp3) is 0.222. The Labute approximate surface area is 208 Å². The van der Waals surface area contributed by atoms with E-state index in [4.69, 9.17) is 0 Å². The minimum atomic E-state index is -6.11. The molecule has 0 radical (unpaired) electrons. The standard InChI is InChI=1S/C9H2N10O21/c20-7(21)9(16(32)33,13(17(34)35)18(36)37)8(14(28)29,15(30)31)2-1-3(10(22)23)6(40-19(38)39)5(12(26)27)4(2)11(24)25/h1H,(H,20,21)/t9-/m0/s1. The Morgan fingerprint density at radius 1 is 0.700 bits per heavy atom. The maximum absolute atomic E-state index is 12.1. The quantitative estimate of drug-likeness (QED) is 0.146. The van der Waals surface area contributed by atoms with Crippen LogP contribution in [0.25, 0.3) is 0 Å². The molecule has 0 aromatic heterocycles. The summed E-state index contributed by atoms with van der Waals surface area (Å²) in [4.78, 5) is 104. The third-order valence-corrected chi connectivity index (χ3v) is 4.49. The van der Waals surface area contributed by atoms with Crippen LogP contribution in [0.3, 0.4) is 0 Å². The second-order valence-electron chi connectivity index (χ2n) is 6.24. The lowest BCUT2D eigenvalue weighted by atomic mass is 9.84. The average Bonchev–Trinajstić information content (AvgIpc) is 2.76. The summed E-state index contributed by atoms with van der Waals surface area (Å²) in [6.45, 7) is 0. The molecule has 1 rings (SSSR count). The van der Waals surface area contributed by atoms with Gasteiger partial charge in [0.1, 0.15) is 9.85 Å². The number of carboxylic acids is 1. The van der Waals surface area contributed by atoms with E-state index < -0.39 is 102 Å². The van der Waals surface area contributed by atoms with Crippen LogP contribution in [0.15, 0.2) is 6.07 Å². The molecular weight excluding hydrogens is 584 g/mol. The summed E-state index contributed by atoms with van der Waals surface area (Å²) in [7, 11) is 0. The number of nitrogens with zero attached hydrogens (tertiary/aromatic N) is 10. The van der Waals surface area contributed by atoms with Crippen LogP contribution < -0.4 is 4.84 Å². The summed E-state index contributed by atoms with van der Waals surface area (Å²) in [6, 6.07) is -1.01. The van der Waals surface area contributed by atoms with E-state index >= 15 is 0 Å². The van der Waals surface area contributed by atoms with Gasteiger partial charge in [-0.2, -0.15) is 0 Å². The molecule has 1 atom stereocenters. The van der Waals surface area contributed by atoms with Gasteiger partial charge in [0.15, 0.2) is 0 Å². The van der Waals surface area contributed by atoms with Crippen molar-refractivity contribution in [1.29, 1.82) is 0 Å². The normalized spacial score (nSPS) is 12.2. The van der Waals surface area contributed by atoms with Gasteiger partial charge in [0.2, 0.25) is 15.6 Å². The van der Waals surface area contributed by atoms with Crippen LogP contribution in [0.4, 0.5) is 17.1 Å². The fourth-order valence-electron chi connectivity index (χ4n) is 3.20. The van der Waals surface area contributed by atoms with Crippen LogP contribution in [0.2, 0.25) is 0 Å². The minimum absolute atomic E-state index is 1.01. The first-order valence-electron chi connectivity index (χ1n) is 8.39. The molecule has 0 saturated carbocycles. The molecule has 40 heavy (non-hydrogen) atoms. The number of hydrazine groups is 2. The topological polar surface area (TPSA) is 438 Å². The van der Waals surface area contributed by atoms with Crippen molar-refractivity contribution in [2.24, 2.45) is 0 Å². The van der Waals surface area contributed by atoms with E-state index in [1.807, 2.05) is 0 Å². The Balaban J connectivity index is 5.09. The SMILES string of the molecule is O=C(O)[C@](N([N+](=O)[O-])[N+](=O)[O-])([N+](=O)[O-])C(c1cc([N+](=O)[O-])c(O[N+](=O)[O-])c([N+](=O)[O-])c1[N+](=O)[O-])([N+](=O)[O-])[N+](=O)[O-]. The van der Waals surface area contributed by atoms with E-state index in [-0.39, 0.29) is 0 Å². The van der Waals surface area contributed by atoms with Crippen molar-refractivity contribution in [1.82, 2.24) is 5.12 Å². The zero-order chi connectivity index (χ0) is 31.7. The van der Waals surface area contributed by atoms with Crippen molar-refractivity contribution in [2.45, 2.75) is 11.3 Å². The summed E-state index contributed by atoms with van der Waals surface area (Å²) in [5, 5.41) is 103. The van der Waals surface area contributed by atoms with Crippen molar-refractivity contribution >= 4 is 23.0 Å². The third kappa shape index (κ3) is 4.12. The van der Waals surface area contributed by atoms with E-state index in [2.05, 4.69) is 4.84 Å². The number of hydrogen-bond donors (Lipinski definition) is 1. The summed E-state index contributed by atoms with van der Waals surface area (Å²) in [6.07, 6.45) is 0. The number of rotatable bonds is 14. The highest BCUT2D eigenvalue weighted by atomic mass is 17.0. The van der Waals surface area contributed by atoms with Gasteiger partial charge in [-0.15, -0.1) is 10.1 Å². The molecule has 0 aliphatic rings. The van der Waals surface area contributed by atoms with Crippen molar-refractivity contribution in [3.63, 3.8) is 0 Å². The second-order valence-corrected chi connectivity index (χ2v) is 6.24. The molecule has 1 aromatic rings. The second kappa shape index (κ2) is 10.1. The monoisotopic (exact) mass is 586 g/mol. The van der Waals surface area contributed by atoms with Crippen LogP contribution >= 0.6 is 0 Å². The summed E-state index contributed by atoms with van der Waals surface area (Å²) < 4.78 is 0. The van der Waals surface area contributed by atoms with Crippen LogP contribution in [0.1, 0.15) is 5.56 Å². The largest absolute Gasteiger partial charge is 0.645 e. The summed E-state index contributed by atoms with van der Waals surface area (Å²) >= 11 is 0. The van der Waals surface area contributed by atoms with Gasteiger partial charge in [-0.25, -0.2) is 25.0 Å². The van der Waals surface area contributed by atoms with Crippen LogP contribution in [0, 0.1) is 91.0 Å². The molecule has 0 fully saturated rings. The lowest BCUT2D eigenvalue weighted by Gasteiger charge is -2.25. The molecule has 0 spiro atoms. The van der Waals surface area contributed by atoms with Gasteiger partial charge < -0.3 is 5.11 Å². The van der Waals surface area contributed by atoms with Crippen molar-refractivity contribution in [3.8, 4) is 5.75 Å². The molecule has 1 aromatic carbocycles. The smallest absolute Gasteiger partial charge is 0.474 e. The first kappa shape index (κ1) is 30.9. The predicted octanol–water partition coefficient (Wildman–Crippen LogP) is -1.57.